The van der Waals surface area contributed by atoms with Gasteiger partial charge in [-0.3, -0.25) is 4.57 Å². The minimum atomic E-state index is -1.04. The van der Waals surface area contributed by atoms with E-state index < -0.39 is 8.07 Å². The van der Waals surface area contributed by atoms with Crippen LogP contribution in [0.2, 0.25) is 31.0 Å². The van der Waals surface area contributed by atoms with Crippen LogP contribution in [0.25, 0.3) is 11.0 Å². The van der Waals surface area contributed by atoms with Crippen molar-refractivity contribution in [1.29, 1.82) is 0 Å². The van der Waals surface area contributed by atoms with Crippen molar-refractivity contribution < 1.29 is 4.74 Å². The predicted octanol–water partition coefficient (Wildman–Crippen LogP) is 4.31. The molecule has 1 aromatic carbocycles. The fourth-order valence-electron chi connectivity index (χ4n) is 1.86. The van der Waals surface area contributed by atoms with Gasteiger partial charge in [-0.1, -0.05) is 25.7 Å². The lowest BCUT2D eigenvalue weighted by molar-refractivity contribution is 0.0900. The van der Waals surface area contributed by atoms with Gasteiger partial charge in [0.2, 0.25) is 5.28 Å². The smallest absolute Gasteiger partial charge is 0.205 e. The molecule has 0 unspecified atom stereocenters. The fraction of sp³-hybridized carbons (Fsp3) is 0.500. The van der Waals surface area contributed by atoms with Crippen LogP contribution in [0.5, 0.6) is 0 Å². The summed E-state index contributed by atoms with van der Waals surface area (Å²) < 4.78 is 7.68. The first-order valence-corrected chi connectivity index (χ1v) is 10.7. The van der Waals surface area contributed by atoms with Crippen LogP contribution in [0.15, 0.2) is 18.2 Å². The van der Waals surface area contributed by atoms with Crippen molar-refractivity contribution in [3.63, 3.8) is 0 Å². The molecule has 19 heavy (non-hydrogen) atoms. The molecular weight excluding hydrogens is 276 g/mol. The molecule has 0 saturated carbocycles. The number of aryl methyl sites for hydroxylation is 1. The van der Waals surface area contributed by atoms with E-state index >= 15 is 0 Å². The third kappa shape index (κ3) is 3.81. The number of hydrogen-bond acceptors (Lipinski definition) is 2. The van der Waals surface area contributed by atoms with Crippen LogP contribution in [0.3, 0.4) is 0 Å². The van der Waals surface area contributed by atoms with Gasteiger partial charge in [0.15, 0.2) is 0 Å². The molecule has 0 saturated heterocycles. The van der Waals surface area contributed by atoms with E-state index in [1.54, 1.807) is 0 Å². The number of nitrogens with zero attached hydrogens (tertiary/aromatic N) is 2. The van der Waals surface area contributed by atoms with Crippen molar-refractivity contribution in [2.45, 2.75) is 39.3 Å². The molecule has 0 amide bonds. The normalized spacial score (nSPS) is 12.3. The molecule has 3 nitrogen and oxygen atoms in total. The SMILES string of the molecule is Cc1ccc2nc(Cl)n(COCC[Si](C)(C)C)c2c1. The fourth-order valence-corrected chi connectivity index (χ4v) is 2.85. The van der Waals surface area contributed by atoms with Gasteiger partial charge in [-0.2, -0.15) is 0 Å². The highest BCUT2D eigenvalue weighted by Crippen LogP contribution is 2.21. The van der Waals surface area contributed by atoms with Crippen molar-refractivity contribution in [2.24, 2.45) is 0 Å². The van der Waals surface area contributed by atoms with Crippen LogP contribution in [0, 0.1) is 6.92 Å². The summed E-state index contributed by atoms with van der Waals surface area (Å²) in [5.74, 6) is 0. The third-order valence-corrected chi connectivity index (χ3v) is 5.07. The van der Waals surface area contributed by atoms with Crippen molar-refractivity contribution >= 4 is 30.7 Å². The second-order valence-electron chi connectivity index (χ2n) is 6.15. The van der Waals surface area contributed by atoms with Crippen molar-refractivity contribution in [1.82, 2.24) is 9.55 Å². The molecule has 0 radical (unpaired) electrons. The highest BCUT2D eigenvalue weighted by molar-refractivity contribution is 6.76. The van der Waals surface area contributed by atoms with Crippen LogP contribution < -0.4 is 0 Å². The number of rotatable bonds is 5. The molecular formula is C14H21ClN2OSi. The molecule has 0 bridgehead atoms. The molecule has 0 fully saturated rings. The summed E-state index contributed by atoms with van der Waals surface area (Å²) in [7, 11) is -1.04. The first-order valence-electron chi connectivity index (χ1n) is 6.57. The molecule has 0 N–H and O–H groups in total. The van der Waals surface area contributed by atoms with Crippen molar-refractivity contribution in [3.8, 4) is 0 Å². The summed E-state index contributed by atoms with van der Waals surface area (Å²) in [5, 5.41) is 0.494. The van der Waals surface area contributed by atoms with Gasteiger partial charge in [-0.15, -0.1) is 0 Å². The second-order valence-corrected chi connectivity index (χ2v) is 12.1. The highest BCUT2D eigenvalue weighted by Gasteiger charge is 2.13. The van der Waals surface area contributed by atoms with E-state index in [2.05, 4.69) is 37.6 Å². The molecule has 104 valence electrons. The van der Waals surface area contributed by atoms with Gasteiger partial charge >= 0.3 is 0 Å². The van der Waals surface area contributed by atoms with Crippen LogP contribution in [0.4, 0.5) is 0 Å². The van der Waals surface area contributed by atoms with E-state index in [0.29, 0.717) is 12.0 Å². The minimum Gasteiger partial charge on any atom is -0.361 e. The summed E-state index contributed by atoms with van der Waals surface area (Å²) in [6.45, 7) is 10.4. The van der Waals surface area contributed by atoms with E-state index in [4.69, 9.17) is 16.3 Å². The number of halogens is 1. The maximum absolute atomic E-state index is 6.17. The number of aromatic nitrogens is 2. The maximum Gasteiger partial charge on any atom is 0.205 e. The van der Waals surface area contributed by atoms with Crippen molar-refractivity contribution in [2.75, 3.05) is 6.61 Å². The van der Waals surface area contributed by atoms with Gasteiger partial charge < -0.3 is 4.74 Å². The summed E-state index contributed by atoms with van der Waals surface area (Å²) in [5.41, 5.74) is 3.16. The number of benzene rings is 1. The molecule has 0 aliphatic carbocycles. The number of fused-ring (bicyclic) bond motifs is 1. The zero-order valence-electron chi connectivity index (χ0n) is 12.0. The first-order chi connectivity index (χ1) is 8.87. The zero-order valence-corrected chi connectivity index (χ0v) is 13.8. The summed E-state index contributed by atoms with van der Waals surface area (Å²) in [6, 6.07) is 7.30. The van der Waals surface area contributed by atoms with Crippen LogP contribution in [-0.2, 0) is 11.5 Å². The van der Waals surface area contributed by atoms with E-state index in [0.717, 1.165) is 23.7 Å². The molecule has 0 atom stereocenters. The average molecular weight is 297 g/mol. The van der Waals surface area contributed by atoms with Gasteiger partial charge in [0.25, 0.3) is 0 Å². The van der Waals surface area contributed by atoms with Crippen LogP contribution in [0.1, 0.15) is 5.56 Å². The Morgan fingerprint density at radius 2 is 2.05 bits per heavy atom. The summed E-state index contributed by atoms with van der Waals surface area (Å²) in [4.78, 5) is 4.34. The highest BCUT2D eigenvalue weighted by atomic mass is 35.5. The van der Waals surface area contributed by atoms with Crippen LogP contribution >= 0.6 is 11.6 Å². The topological polar surface area (TPSA) is 27.1 Å². The Labute approximate surface area is 120 Å². The third-order valence-electron chi connectivity index (χ3n) is 3.07. The van der Waals surface area contributed by atoms with E-state index in [1.807, 2.05) is 16.7 Å². The maximum atomic E-state index is 6.17. The Hall–Kier alpha value is -0.843. The van der Waals surface area contributed by atoms with Gasteiger partial charge in [0.05, 0.1) is 11.0 Å². The Kier molecular flexibility index (Phi) is 4.33. The van der Waals surface area contributed by atoms with E-state index in [9.17, 15) is 0 Å². The molecule has 5 heteroatoms. The van der Waals surface area contributed by atoms with Gasteiger partial charge in [0, 0.05) is 14.7 Å². The quantitative estimate of drug-likeness (QED) is 0.607. The lowest BCUT2D eigenvalue weighted by atomic mass is 10.2. The standard InChI is InChI=1S/C14H21ClN2OSi/c1-11-5-6-12-13(9-11)17(14(15)16-12)10-18-7-8-19(2,3)4/h5-6,9H,7-8,10H2,1-4H3. The first kappa shape index (κ1) is 14.6. The predicted molar refractivity (Wildman–Crippen MR) is 83.6 cm³/mol. The monoisotopic (exact) mass is 296 g/mol. The summed E-state index contributed by atoms with van der Waals surface area (Å²) >= 11 is 6.17. The molecule has 1 aromatic heterocycles. The zero-order chi connectivity index (χ0) is 14.0. The molecule has 0 spiro atoms. The summed E-state index contributed by atoms with van der Waals surface area (Å²) in [6.07, 6.45) is 0. The lowest BCUT2D eigenvalue weighted by Gasteiger charge is -2.15. The lowest BCUT2D eigenvalue weighted by Crippen LogP contribution is -2.22. The number of ether oxygens (including phenoxy) is 1. The Morgan fingerprint density at radius 3 is 2.74 bits per heavy atom. The largest absolute Gasteiger partial charge is 0.361 e. The molecule has 2 rings (SSSR count). The molecule has 0 aliphatic rings. The Balaban J connectivity index is 2.08. The Morgan fingerprint density at radius 1 is 1.32 bits per heavy atom. The minimum absolute atomic E-state index is 0.475. The molecule has 0 aliphatic heterocycles. The van der Waals surface area contributed by atoms with E-state index in [1.165, 1.54) is 5.56 Å². The van der Waals surface area contributed by atoms with Gasteiger partial charge in [0.1, 0.15) is 6.73 Å². The second kappa shape index (κ2) is 5.65. The Bertz CT molecular complexity index is 575. The van der Waals surface area contributed by atoms with Gasteiger partial charge in [-0.25, -0.2) is 4.98 Å². The van der Waals surface area contributed by atoms with Gasteiger partial charge in [-0.05, 0) is 42.3 Å². The molecule has 2 aromatic rings. The molecule has 1 heterocycles. The van der Waals surface area contributed by atoms with E-state index in [-0.39, 0.29) is 0 Å². The number of hydrogen-bond donors (Lipinski definition) is 0. The van der Waals surface area contributed by atoms with Crippen molar-refractivity contribution in [3.05, 3.63) is 29.0 Å². The van der Waals surface area contributed by atoms with Crippen LogP contribution in [-0.4, -0.2) is 24.2 Å². The average Bonchev–Trinajstić information content (AvgIpc) is 2.59. The number of imidazole rings is 1.